The van der Waals surface area contributed by atoms with E-state index in [0.717, 1.165) is 42.2 Å². The molecule has 6 rings (SSSR count). The van der Waals surface area contributed by atoms with Gasteiger partial charge in [0.05, 0.1) is 29.4 Å². The van der Waals surface area contributed by atoms with Gasteiger partial charge < -0.3 is 19.5 Å². The number of carbonyl (C=O) groups is 2. The van der Waals surface area contributed by atoms with E-state index in [1.807, 2.05) is 54.4 Å². The van der Waals surface area contributed by atoms with E-state index >= 15 is 0 Å². The fourth-order valence-electron chi connectivity index (χ4n) is 6.84. The second-order valence-electron chi connectivity index (χ2n) is 13.3. The lowest BCUT2D eigenvalue weighted by Gasteiger charge is -2.36. The smallest absolute Gasteiger partial charge is 0.274 e. The fraction of sp³-hybridized carbons (Fsp3) is 0.359. The molecule has 51 heavy (non-hydrogen) atoms. The number of anilines is 1. The molecule has 0 saturated carbocycles. The van der Waals surface area contributed by atoms with Crippen LogP contribution in [0.4, 0.5) is 5.69 Å². The van der Waals surface area contributed by atoms with Gasteiger partial charge in [-0.3, -0.25) is 14.3 Å². The van der Waals surface area contributed by atoms with Gasteiger partial charge in [-0.05, 0) is 73.7 Å². The van der Waals surface area contributed by atoms with Crippen LogP contribution in [0.1, 0.15) is 77.2 Å². The lowest BCUT2D eigenvalue weighted by atomic mass is 9.93. The van der Waals surface area contributed by atoms with Crippen molar-refractivity contribution in [2.24, 2.45) is 7.05 Å². The first kappa shape index (κ1) is 35.9. The third-order valence-electron chi connectivity index (χ3n) is 9.64. The van der Waals surface area contributed by atoms with E-state index in [1.165, 1.54) is 6.07 Å². The number of aryl methyl sites for hydroxylation is 2. The highest BCUT2D eigenvalue weighted by molar-refractivity contribution is 7.93. The topological polar surface area (TPSA) is 130 Å². The van der Waals surface area contributed by atoms with Crippen molar-refractivity contribution in [2.75, 3.05) is 24.4 Å². The summed E-state index contributed by atoms with van der Waals surface area (Å²) in [4.78, 5) is 32.0. The van der Waals surface area contributed by atoms with Crippen molar-refractivity contribution >= 4 is 38.4 Å². The van der Waals surface area contributed by atoms with Gasteiger partial charge in [0.1, 0.15) is 4.90 Å². The molecule has 0 fully saturated rings. The van der Waals surface area contributed by atoms with E-state index in [-0.39, 0.29) is 46.8 Å². The Morgan fingerprint density at radius 3 is 2.39 bits per heavy atom. The molecule has 1 aliphatic heterocycles. The van der Waals surface area contributed by atoms with Gasteiger partial charge in [-0.2, -0.15) is 5.10 Å². The molecule has 2 amide bonds. The second-order valence-corrected chi connectivity index (χ2v) is 14.9. The van der Waals surface area contributed by atoms with Crippen LogP contribution in [0, 0.1) is 6.92 Å². The molecule has 0 aliphatic carbocycles. The second kappa shape index (κ2) is 15.1. The van der Waals surface area contributed by atoms with Gasteiger partial charge in [-0.25, -0.2) is 13.1 Å². The first-order valence-electron chi connectivity index (χ1n) is 17.6. The van der Waals surface area contributed by atoms with Crippen LogP contribution >= 0.6 is 0 Å². The number of nitrogens with one attached hydrogen (secondary N) is 1. The van der Waals surface area contributed by atoms with Gasteiger partial charge in [0.15, 0.2) is 5.69 Å². The number of hydrogen-bond donors (Lipinski definition) is 2. The molecule has 2 N–H and O–H groups in total. The van der Waals surface area contributed by atoms with Crippen LogP contribution in [0.2, 0.25) is 0 Å². The van der Waals surface area contributed by atoms with Crippen LogP contribution in [0.25, 0.3) is 16.6 Å². The van der Waals surface area contributed by atoms with Gasteiger partial charge in [-0.15, -0.1) is 0 Å². The third-order valence-corrected chi connectivity index (χ3v) is 11.1. The minimum absolute atomic E-state index is 0.110. The molecule has 5 aromatic rings. The number of nitrogens with zero attached hydrogens (tertiary/aromatic N) is 5. The van der Waals surface area contributed by atoms with Crippen LogP contribution < -0.4 is 4.72 Å². The highest BCUT2D eigenvalue weighted by Crippen LogP contribution is 2.31. The number of benzene rings is 3. The Labute approximate surface area is 299 Å². The Hall–Kier alpha value is -4.94. The summed E-state index contributed by atoms with van der Waals surface area (Å²) in [5.41, 5.74) is 4.30. The zero-order chi connectivity index (χ0) is 36.3. The summed E-state index contributed by atoms with van der Waals surface area (Å²) in [6.45, 7) is 7.31. The highest BCUT2D eigenvalue weighted by Gasteiger charge is 2.32. The number of aromatic nitrogens is 3. The summed E-state index contributed by atoms with van der Waals surface area (Å²) >= 11 is 0. The number of hydrogen-bond acceptors (Lipinski definition) is 6. The van der Waals surface area contributed by atoms with Crippen LogP contribution in [0.3, 0.4) is 0 Å². The lowest BCUT2D eigenvalue weighted by Crippen LogP contribution is -2.46. The van der Waals surface area contributed by atoms with E-state index in [4.69, 9.17) is 5.10 Å². The Balaban J connectivity index is 1.42. The van der Waals surface area contributed by atoms with Gasteiger partial charge in [0, 0.05) is 49.6 Å². The van der Waals surface area contributed by atoms with Crippen molar-refractivity contribution in [1.29, 1.82) is 0 Å². The molecule has 1 aliphatic rings. The quantitative estimate of drug-likeness (QED) is 0.153. The van der Waals surface area contributed by atoms with Crippen molar-refractivity contribution in [3.8, 4) is 5.69 Å². The molecule has 0 unspecified atom stereocenters. The maximum absolute atomic E-state index is 14.7. The number of fused-ring (bicyclic) bond motifs is 2. The minimum atomic E-state index is -4.08. The number of carbonyl (C=O) groups excluding carboxylic acids is 2. The van der Waals surface area contributed by atoms with Crippen molar-refractivity contribution in [2.45, 2.75) is 70.4 Å². The molecule has 1 atom stereocenters. The van der Waals surface area contributed by atoms with Gasteiger partial charge in [0.2, 0.25) is 0 Å². The van der Waals surface area contributed by atoms with E-state index in [1.54, 1.807) is 51.5 Å². The van der Waals surface area contributed by atoms with Gasteiger partial charge in [-0.1, -0.05) is 63.1 Å². The fourth-order valence-corrected chi connectivity index (χ4v) is 8.16. The number of sulfonamides is 1. The summed E-state index contributed by atoms with van der Waals surface area (Å²) in [6.07, 6.45) is 5.97. The van der Waals surface area contributed by atoms with Crippen molar-refractivity contribution in [1.82, 2.24) is 24.1 Å². The largest absolute Gasteiger partial charge is 0.394 e. The number of unbranched alkanes of at least 4 members (excludes halogenated alkanes) is 2. The first-order valence-corrected chi connectivity index (χ1v) is 19.1. The SMILES string of the molecule is CCCCN(CCCC)C(=O)c1cc(C)n(-c2ccc(NS(=O)(=O)c3cccc4ccn(C)c34)cc2C(=O)N2Cc3ccccc3C[C@H]2CO)n1. The number of amides is 2. The molecule has 268 valence electrons. The third kappa shape index (κ3) is 7.29. The van der Waals surface area contributed by atoms with Crippen molar-refractivity contribution in [3.05, 3.63) is 107 Å². The van der Waals surface area contributed by atoms with Crippen LogP contribution in [-0.4, -0.2) is 75.2 Å². The Bertz CT molecular complexity index is 2160. The molecule has 0 saturated heterocycles. The van der Waals surface area contributed by atoms with Crippen molar-refractivity contribution in [3.63, 3.8) is 0 Å². The molecule has 3 aromatic carbocycles. The van der Waals surface area contributed by atoms with E-state index in [2.05, 4.69) is 18.6 Å². The lowest BCUT2D eigenvalue weighted by molar-refractivity contribution is 0.0544. The number of rotatable bonds is 13. The van der Waals surface area contributed by atoms with Gasteiger partial charge in [0.25, 0.3) is 21.8 Å². The average Bonchev–Trinajstić information content (AvgIpc) is 3.72. The van der Waals surface area contributed by atoms with E-state index in [9.17, 15) is 23.1 Å². The predicted octanol–water partition coefficient (Wildman–Crippen LogP) is 6.08. The molecule has 11 nitrogen and oxygen atoms in total. The van der Waals surface area contributed by atoms with Crippen LogP contribution in [-0.2, 0) is 30.0 Å². The molecule has 0 bridgehead atoms. The number of aliphatic hydroxyl groups is 1. The van der Waals surface area contributed by atoms with E-state index < -0.39 is 16.1 Å². The maximum Gasteiger partial charge on any atom is 0.274 e. The van der Waals surface area contributed by atoms with Crippen molar-refractivity contribution < 1.29 is 23.1 Å². The molecule has 2 aromatic heterocycles. The standard InChI is InChI=1S/C39H46N6O5S/c1-5-7-19-43(20-8-6-2)39(48)34-22-27(3)45(40-34)35-17-16-31(41-51(49,50)36-15-11-14-28-18-21-42(4)37(28)36)24-33(35)38(47)44-25-30-13-10-9-12-29(30)23-32(44)26-46/h9-18,21-22,24,32,41,46H,5-8,19-20,23,25-26H2,1-4H3/t32-/m0/s1. The minimum Gasteiger partial charge on any atom is -0.394 e. The Morgan fingerprint density at radius 2 is 1.69 bits per heavy atom. The summed E-state index contributed by atoms with van der Waals surface area (Å²) in [5.74, 6) is -0.557. The summed E-state index contributed by atoms with van der Waals surface area (Å²) < 4.78 is 33.8. The molecular weight excluding hydrogens is 665 g/mol. The molecule has 12 heteroatoms. The van der Waals surface area contributed by atoms with Crippen LogP contribution in [0.5, 0.6) is 0 Å². The summed E-state index contributed by atoms with van der Waals surface area (Å²) in [7, 11) is -2.29. The number of para-hydroxylation sites is 1. The highest BCUT2D eigenvalue weighted by atomic mass is 32.2. The molecule has 0 radical (unpaired) electrons. The molecule has 3 heterocycles. The predicted molar refractivity (Wildman–Crippen MR) is 199 cm³/mol. The van der Waals surface area contributed by atoms with E-state index in [0.29, 0.717) is 36.4 Å². The average molecular weight is 711 g/mol. The maximum atomic E-state index is 14.7. The summed E-state index contributed by atoms with van der Waals surface area (Å²) in [6, 6.07) is 20.8. The first-order chi connectivity index (χ1) is 24.6. The molecule has 0 spiro atoms. The van der Waals surface area contributed by atoms with Crippen LogP contribution in [0.15, 0.2) is 83.9 Å². The zero-order valence-electron chi connectivity index (χ0n) is 29.7. The normalized spacial score (nSPS) is 14.5. The Kier molecular flexibility index (Phi) is 10.6. The monoisotopic (exact) mass is 710 g/mol. The van der Waals surface area contributed by atoms with Gasteiger partial charge >= 0.3 is 0 Å². The zero-order valence-corrected chi connectivity index (χ0v) is 30.5. The molecular formula is C39H46N6O5S. The number of aliphatic hydroxyl groups excluding tert-OH is 1. The summed E-state index contributed by atoms with van der Waals surface area (Å²) in [5, 5.41) is 16.0. The Morgan fingerprint density at radius 1 is 0.961 bits per heavy atom.